The Labute approximate surface area is 145 Å². The lowest BCUT2D eigenvalue weighted by atomic mass is 10.0. The first-order chi connectivity index (χ1) is 10.5. The molecule has 0 aliphatic carbocycles. The molecule has 112 valence electrons. The van der Waals surface area contributed by atoms with Crippen LogP contribution in [-0.2, 0) is 4.79 Å². The summed E-state index contributed by atoms with van der Waals surface area (Å²) in [5.74, 6) is -1.96. The van der Waals surface area contributed by atoms with Crippen LogP contribution in [0.2, 0.25) is 5.02 Å². The van der Waals surface area contributed by atoms with Crippen molar-refractivity contribution in [3.63, 3.8) is 0 Å². The lowest BCUT2D eigenvalue weighted by Crippen LogP contribution is -2.14. The first kappa shape index (κ1) is 16.5. The number of carbonyl (C=O) groups is 2. The van der Waals surface area contributed by atoms with E-state index < -0.39 is 11.8 Å². The smallest absolute Gasteiger partial charge is 0.341 e. The predicted octanol–water partition coefficient (Wildman–Crippen LogP) is 4.21. The highest BCUT2D eigenvalue weighted by atomic mass is 127. The molecule has 0 aliphatic heterocycles. The van der Waals surface area contributed by atoms with Gasteiger partial charge in [-0.2, -0.15) is 0 Å². The maximum Gasteiger partial charge on any atom is 0.341 e. The van der Waals surface area contributed by atoms with Crippen LogP contribution in [-0.4, -0.2) is 16.9 Å². The van der Waals surface area contributed by atoms with Gasteiger partial charge in [0, 0.05) is 21.0 Å². The average Bonchev–Trinajstić information content (AvgIpc) is 2.49. The van der Waals surface area contributed by atoms with Crippen molar-refractivity contribution in [2.45, 2.75) is 0 Å². The van der Waals surface area contributed by atoms with Gasteiger partial charge in [-0.25, -0.2) is 4.79 Å². The van der Waals surface area contributed by atoms with Gasteiger partial charge in [0.1, 0.15) is 5.57 Å². The van der Waals surface area contributed by atoms with Crippen LogP contribution in [0.1, 0.15) is 10.4 Å². The molecule has 0 aliphatic rings. The van der Waals surface area contributed by atoms with E-state index in [2.05, 4.69) is 27.9 Å². The summed E-state index contributed by atoms with van der Waals surface area (Å²) in [6.07, 6.45) is 1.18. The van der Waals surface area contributed by atoms with Crippen LogP contribution in [0, 0.1) is 3.57 Å². The van der Waals surface area contributed by atoms with Crippen molar-refractivity contribution in [1.29, 1.82) is 0 Å². The third kappa shape index (κ3) is 4.08. The zero-order chi connectivity index (χ0) is 16.1. The zero-order valence-electron chi connectivity index (χ0n) is 11.2. The van der Waals surface area contributed by atoms with Crippen molar-refractivity contribution in [2.75, 3.05) is 5.32 Å². The van der Waals surface area contributed by atoms with E-state index in [1.807, 2.05) is 12.1 Å². The molecule has 22 heavy (non-hydrogen) atoms. The van der Waals surface area contributed by atoms with Gasteiger partial charge in [-0.15, -0.1) is 0 Å². The molecule has 0 saturated heterocycles. The highest BCUT2D eigenvalue weighted by molar-refractivity contribution is 14.1. The van der Waals surface area contributed by atoms with Crippen molar-refractivity contribution < 1.29 is 14.7 Å². The summed E-state index contributed by atoms with van der Waals surface area (Å²) in [7, 11) is 0. The average molecular weight is 428 g/mol. The van der Waals surface area contributed by atoms with Gasteiger partial charge in [0.05, 0.1) is 5.02 Å². The van der Waals surface area contributed by atoms with Gasteiger partial charge in [-0.3, -0.25) is 4.79 Å². The number of nitrogens with one attached hydrogen (secondary N) is 1. The summed E-state index contributed by atoms with van der Waals surface area (Å²) in [6.45, 7) is 0. The molecule has 0 heterocycles. The minimum atomic E-state index is -1.32. The lowest BCUT2D eigenvalue weighted by molar-refractivity contribution is -0.132. The fourth-order valence-electron chi connectivity index (χ4n) is 1.72. The number of carboxylic acid groups (broad SMARTS) is 1. The molecule has 2 rings (SSSR count). The molecular formula is C16H11ClINO3. The Morgan fingerprint density at radius 2 is 1.73 bits per heavy atom. The number of rotatable bonds is 5. The minimum Gasteiger partial charge on any atom is -0.477 e. The van der Waals surface area contributed by atoms with Gasteiger partial charge >= 0.3 is 5.97 Å². The Hall–Kier alpha value is -1.86. The Balaban J connectivity index is 2.28. The largest absolute Gasteiger partial charge is 0.477 e. The van der Waals surface area contributed by atoms with E-state index in [0.717, 1.165) is 3.57 Å². The summed E-state index contributed by atoms with van der Waals surface area (Å²) >= 11 is 8.10. The van der Waals surface area contributed by atoms with Crippen molar-refractivity contribution in [3.05, 3.63) is 74.5 Å². The van der Waals surface area contributed by atoms with Crippen molar-refractivity contribution in [1.82, 2.24) is 0 Å². The Kier molecular flexibility index (Phi) is 5.57. The zero-order valence-corrected chi connectivity index (χ0v) is 14.1. The van der Waals surface area contributed by atoms with Crippen LogP contribution < -0.4 is 5.32 Å². The topological polar surface area (TPSA) is 66.4 Å². The van der Waals surface area contributed by atoms with Gasteiger partial charge in [-0.05, 0) is 59.0 Å². The van der Waals surface area contributed by atoms with E-state index in [0.29, 0.717) is 5.69 Å². The molecule has 4 nitrogen and oxygen atoms in total. The van der Waals surface area contributed by atoms with E-state index in [1.165, 1.54) is 12.3 Å². The molecule has 0 spiro atoms. The van der Waals surface area contributed by atoms with Gasteiger partial charge in [0.15, 0.2) is 0 Å². The van der Waals surface area contributed by atoms with Gasteiger partial charge in [0.25, 0.3) is 0 Å². The first-order valence-corrected chi connectivity index (χ1v) is 7.69. The van der Waals surface area contributed by atoms with Crippen molar-refractivity contribution in [2.24, 2.45) is 0 Å². The van der Waals surface area contributed by atoms with Gasteiger partial charge in [0.2, 0.25) is 5.78 Å². The number of ketones is 1. The Bertz CT molecular complexity index is 741. The van der Waals surface area contributed by atoms with Crippen LogP contribution in [0.5, 0.6) is 0 Å². The standard InChI is InChI=1S/C16H11ClINO3/c17-14-4-2-1-3-12(14)15(20)13(16(21)22)9-19-11-7-5-10(18)6-8-11/h1-9,19H,(H,21,22)/b13-9+. The highest BCUT2D eigenvalue weighted by Crippen LogP contribution is 2.19. The van der Waals surface area contributed by atoms with E-state index in [-0.39, 0.29) is 16.2 Å². The van der Waals surface area contributed by atoms with Gasteiger partial charge < -0.3 is 10.4 Å². The number of carboxylic acids is 1. The lowest BCUT2D eigenvalue weighted by Gasteiger charge is -2.06. The third-order valence-electron chi connectivity index (χ3n) is 2.82. The minimum absolute atomic E-state index is 0.155. The number of hydrogen-bond donors (Lipinski definition) is 2. The van der Waals surface area contributed by atoms with Crippen molar-refractivity contribution in [3.8, 4) is 0 Å². The number of halogens is 2. The molecule has 0 fully saturated rings. The van der Waals surface area contributed by atoms with Crippen LogP contribution in [0.15, 0.2) is 60.3 Å². The number of hydrogen-bond acceptors (Lipinski definition) is 3. The quantitative estimate of drug-likeness (QED) is 0.247. The molecule has 0 atom stereocenters. The number of anilines is 1. The third-order valence-corrected chi connectivity index (χ3v) is 3.87. The first-order valence-electron chi connectivity index (χ1n) is 6.24. The van der Waals surface area contributed by atoms with Crippen LogP contribution in [0.25, 0.3) is 0 Å². The van der Waals surface area contributed by atoms with E-state index >= 15 is 0 Å². The number of aliphatic carboxylic acids is 1. The molecule has 0 aromatic heterocycles. The molecule has 2 aromatic carbocycles. The summed E-state index contributed by atoms with van der Waals surface area (Å²) < 4.78 is 1.05. The normalized spacial score (nSPS) is 11.1. The maximum atomic E-state index is 12.3. The van der Waals surface area contributed by atoms with E-state index in [1.54, 1.807) is 30.3 Å². The molecule has 0 amide bonds. The van der Waals surface area contributed by atoms with Crippen LogP contribution in [0.4, 0.5) is 5.69 Å². The molecule has 0 radical (unpaired) electrons. The van der Waals surface area contributed by atoms with Gasteiger partial charge in [-0.1, -0.05) is 23.7 Å². The monoisotopic (exact) mass is 427 g/mol. The summed E-state index contributed by atoms with van der Waals surface area (Å²) in [5.41, 5.74) is 0.458. The highest BCUT2D eigenvalue weighted by Gasteiger charge is 2.21. The second kappa shape index (κ2) is 7.42. The van der Waals surface area contributed by atoms with Crippen molar-refractivity contribution >= 4 is 51.6 Å². The molecule has 0 unspecified atom stereocenters. The molecule has 2 aromatic rings. The number of benzene rings is 2. The van der Waals surface area contributed by atoms with Crippen LogP contribution in [0.3, 0.4) is 0 Å². The predicted molar refractivity (Wildman–Crippen MR) is 94.3 cm³/mol. The maximum absolute atomic E-state index is 12.3. The number of carbonyl (C=O) groups excluding carboxylic acids is 1. The summed E-state index contributed by atoms with van der Waals surface area (Å²) in [5, 5.41) is 12.3. The number of Topliss-reactive ketones (excluding diaryl/α,β-unsaturated/α-hetero) is 1. The fraction of sp³-hybridized carbons (Fsp3) is 0. The molecule has 6 heteroatoms. The second-order valence-electron chi connectivity index (χ2n) is 4.32. The fourth-order valence-corrected chi connectivity index (χ4v) is 2.30. The van der Waals surface area contributed by atoms with Crippen LogP contribution >= 0.6 is 34.2 Å². The molecule has 0 saturated carbocycles. The SMILES string of the molecule is O=C(O)/C(=C/Nc1ccc(I)cc1)C(=O)c1ccccc1Cl. The Morgan fingerprint density at radius 3 is 2.32 bits per heavy atom. The summed E-state index contributed by atoms with van der Waals surface area (Å²) in [6, 6.07) is 13.7. The molecular weight excluding hydrogens is 417 g/mol. The molecule has 2 N–H and O–H groups in total. The van der Waals surface area contributed by atoms with E-state index in [9.17, 15) is 14.7 Å². The molecule has 0 bridgehead atoms. The summed E-state index contributed by atoms with van der Waals surface area (Å²) in [4.78, 5) is 23.6. The Morgan fingerprint density at radius 1 is 1.09 bits per heavy atom. The second-order valence-corrected chi connectivity index (χ2v) is 5.98. The van der Waals surface area contributed by atoms with E-state index in [4.69, 9.17) is 11.6 Å².